The van der Waals surface area contributed by atoms with Gasteiger partial charge in [-0.15, -0.1) is 10.2 Å². The molecule has 4 rings (SSSR count). The first-order chi connectivity index (χ1) is 15.0. The van der Waals surface area contributed by atoms with E-state index in [0.29, 0.717) is 51.3 Å². The number of anilines is 1. The van der Waals surface area contributed by atoms with Crippen LogP contribution in [0.25, 0.3) is 0 Å². The number of rotatable bonds is 6. The van der Waals surface area contributed by atoms with Crippen molar-refractivity contribution in [3.63, 3.8) is 0 Å². The molecule has 1 aliphatic rings. The van der Waals surface area contributed by atoms with Crippen LogP contribution in [-0.4, -0.2) is 29.3 Å². The minimum atomic E-state index is -0.796. The molecule has 5 nitrogen and oxygen atoms in total. The molecule has 0 aliphatic carbocycles. The Hall–Kier alpha value is -1.71. The molecule has 0 bridgehead atoms. The molecule has 162 valence electrons. The van der Waals surface area contributed by atoms with E-state index < -0.39 is 5.41 Å². The van der Waals surface area contributed by atoms with Crippen LogP contribution in [0.3, 0.4) is 0 Å². The number of halogens is 3. The summed E-state index contributed by atoms with van der Waals surface area (Å²) in [4.78, 5) is 13.3. The molecule has 1 aliphatic heterocycles. The molecule has 3 aromatic rings. The molecule has 1 N–H and O–H groups in total. The predicted octanol–water partition coefficient (Wildman–Crippen LogP) is 5.96. The van der Waals surface area contributed by atoms with Gasteiger partial charge in [-0.1, -0.05) is 64.5 Å². The third-order valence-corrected chi connectivity index (χ3v) is 7.91. The van der Waals surface area contributed by atoms with Crippen LogP contribution in [0.4, 0.5) is 9.52 Å². The maximum atomic E-state index is 13.4. The topological polar surface area (TPSA) is 64.1 Å². The van der Waals surface area contributed by atoms with Gasteiger partial charge in [-0.2, -0.15) is 0 Å². The van der Waals surface area contributed by atoms with E-state index >= 15 is 0 Å². The van der Waals surface area contributed by atoms with Crippen molar-refractivity contribution in [1.29, 1.82) is 0 Å². The number of aromatic nitrogens is 2. The van der Waals surface area contributed by atoms with Crippen molar-refractivity contribution >= 4 is 57.3 Å². The number of nitrogens with one attached hydrogen (secondary N) is 1. The summed E-state index contributed by atoms with van der Waals surface area (Å²) in [6.45, 7) is 0.918. The second-order valence-corrected chi connectivity index (χ2v) is 10.0. The van der Waals surface area contributed by atoms with Gasteiger partial charge in [-0.05, 0) is 48.2 Å². The Morgan fingerprint density at radius 2 is 1.81 bits per heavy atom. The van der Waals surface area contributed by atoms with E-state index in [4.69, 9.17) is 27.9 Å². The minimum Gasteiger partial charge on any atom is -0.381 e. The number of amides is 1. The highest BCUT2D eigenvalue weighted by Gasteiger charge is 2.42. The molecular formula is C21H18Cl2FN3O2S2. The Bertz CT molecular complexity index is 1050. The largest absolute Gasteiger partial charge is 0.381 e. The summed E-state index contributed by atoms with van der Waals surface area (Å²) in [5.74, 6) is 0.0119. The van der Waals surface area contributed by atoms with Crippen molar-refractivity contribution in [2.24, 2.45) is 0 Å². The minimum absolute atomic E-state index is 0.191. The highest BCUT2D eigenvalue weighted by atomic mass is 35.5. The number of benzene rings is 2. The summed E-state index contributed by atoms with van der Waals surface area (Å²) in [5.41, 5.74) is 0.798. The maximum Gasteiger partial charge on any atom is 0.237 e. The summed E-state index contributed by atoms with van der Waals surface area (Å²) < 4.78 is 19.6. The first kappa shape index (κ1) is 22.5. The first-order valence-electron chi connectivity index (χ1n) is 9.52. The number of carbonyl (C=O) groups is 1. The van der Waals surface area contributed by atoms with Crippen LogP contribution in [-0.2, 0) is 20.7 Å². The van der Waals surface area contributed by atoms with Gasteiger partial charge in [-0.3, -0.25) is 10.1 Å². The van der Waals surface area contributed by atoms with Gasteiger partial charge in [0.15, 0.2) is 4.34 Å². The van der Waals surface area contributed by atoms with E-state index in [1.165, 1.54) is 35.2 Å². The van der Waals surface area contributed by atoms with Crippen molar-refractivity contribution in [2.45, 2.75) is 28.3 Å². The Morgan fingerprint density at radius 1 is 1.13 bits per heavy atom. The van der Waals surface area contributed by atoms with Crippen LogP contribution in [0.2, 0.25) is 10.0 Å². The van der Waals surface area contributed by atoms with Gasteiger partial charge in [0.05, 0.1) is 5.41 Å². The SMILES string of the molecule is O=C(Nc1nnc(SCc2c(Cl)cccc2Cl)s1)C1(c2ccc(F)cc2)CCOCC1. The fourth-order valence-electron chi connectivity index (χ4n) is 3.48. The van der Waals surface area contributed by atoms with Crippen LogP contribution >= 0.6 is 46.3 Å². The fraction of sp³-hybridized carbons (Fsp3) is 0.286. The third-order valence-electron chi connectivity index (χ3n) is 5.21. The molecule has 1 amide bonds. The van der Waals surface area contributed by atoms with Crippen molar-refractivity contribution in [3.8, 4) is 0 Å². The molecule has 10 heteroatoms. The van der Waals surface area contributed by atoms with Gasteiger partial charge < -0.3 is 4.74 Å². The number of hydrogen-bond donors (Lipinski definition) is 1. The van der Waals surface area contributed by atoms with Crippen LogP contribution < -0.4 is 5.32 Å². The lowest BCUT2D eigenvalue weighted by atomic mass is 9.73. The van der Waals surface area contributed by atoms with Gasteiger partial charge in [0.2, 0.25) is 11.0 Å². The Balaban J connectivity index is 1.47. The van der Waals surface area contributed by atoms with E-state index in [2.05, 4.69) is 15.5 Å². The van der Waals surface area contributed by atoms with Gasteiger partial charge in [0.1, 0.15) is 5.82 Å². The second-order valence-electron chi connectivity index (χ2n) is 7.02. The van der Waals surface area contributed by atoms with Gasteiger partial charge in [0, 0.05) is 29.0 Å². The molecule has 0 radical (unpaired) electrons. The Labute approximate surface area is 197 Å². The molecule has 0 atom stereocenters. The summed E-state index contributed by atoms with van der Waals surface area (Å²) in [6, 6.07) is 11.4. The van der Waals surface area contributed by atoms with Crippen LogP contribution in [0.5, 0.6) is 0 Å². The summed E-state index contributed by atoms with van der Waals surface area (Å²) >= 11 is 15.2. The molecule has 0 saturated carbocycles. The normalized spacial score (nSPS) is 15.6. The second kappa shape index (κ2) is 9.83. The summed E-state index contributed by atoms with van der Waals surface area (Å²) in [5, 5.41) is 12.8. The summed E-state index contributed by atoms with van der Waals surface area (Å²) in [6.07, 6.45) is 1.02. The van der Waals surface area contributed by atoms with Gasteiger partial charge in [-0.25, -0.2) is 4.39 Å². The van der Waals surface area contributed by atoms with Crippen molar-refractivity contribution in [2.75, 3.05) is 18.5 Å². The zero-order valence-corrected chi connectivity index (χ0v) is 19.4. The molecule has 1 saturated heterocycles. The third kappa shape index (κ3) is 5.04. The van der Waals surface area contributed by atoms with Crippen LogP contribution in [0.1, 0.15) is 24.0 Å². The zero-order valence-electron chi connectivity index (χ0n) is 16.2. The number of hydrogen-bond acceptors (Lipinski definition) is 6. The van der Waals surface area contributed by atoms with E-state index in [0.717, 1.165) is 11.1 Å². The lowest BCUT2D eigenvalue weighted by molar-refractivity contribution is -0.125. The monoisotopic (exact) mass is 497 g/mol. The van der Waals surface area contributed by atoms with Crippen molar-refractivity contribution in [3.05, 3.63) is 69.5 Å². The molecular weight excluding hydrogens is 480 g/mol. The van der Waals surface area contributed by atoms with Gasteiger partial charge >= 0.3 is 0 Å². The molecule has 2 aromatic carbocycles. The van der Waals surface area contributed by atoms with E-state index in [-0.39, 0.29) is 11.7 Å². The average molecular weight is 498 g/mol. The number of nitrogens with zero attached hydrogens (tertiary/aromatic N) is 2. The fourth-order valence-corrected chi connectivity index (χ4v) is 5.96. The quantitative estimate of drug-likeness (QED) is 0.336. The van der Waals surface area contributed by atoms with E-state index in [9.17, 15) is 9.18 Å². The number of carbonyl (C=O) groups excluding carboxylic acids is 1. The smallest absolute Gasteiger partial charge is 0.237 e. The molecule has 1 aromatic heterocycles. The molecule has 31 heavy (non-hydrogen) atoms. The maximum absolute atomic E-state index is 13.4. The van der Waals surface area contributed by atoms with E-state index in [1.807, 2.05) is 0 Å². The van der Waals surface area contributed by atoms with Crippen molar-refractivity contribution < 1.29 is 13.9 Å². The number of thioether (sulfide) groups is 1. The predicted molar refractivity (Wildman–Crippen MR) is 123 cm³/mol. The molecule has 1 fully saturated rings. The average Bonchev–Trinajstić information content (AvgIpc) is 3.21. The van der Waals surface area contributed by atoms with Crippen LogP contribution in [0.15, 0.2) is 46.8 Å². The highest BCUT2D eigenvalue weighted by Crippen LogP contribution is 2.38. The lowest BCUT2D eigenvalue weighted by Crippen LogP contribution is -2.44. The Morgan fingerprint density at radius 3 is 2.48 bits per heavy atom. The first-order valence-corrected chi connectivity index (χ1v) is 12.1. The standard InChI is InChI=1S/C21H18Cl2FN3O2S2/c22-16-2-1-3-17(23)15(16)12-30-20-27-26-19(31-20)25-18(28)21(8-10-29-11-9-21)13-4-6-14(24)7-5-13/h1-7H,8-12H2,(H,25,26,28). The molecule has 0 spiro atoms. The highest BCUT2D eigenvalue weighted by molar-refractivity contribution is 8.00. The Kier molecular flexibility index (Phi) is 7.13. The van der Waals surface area contributed by atoms with Crippen molar-refractivity contribution in [1.82, 2.24) is 10.2 Å². The molecule has 2 heterocycles. The lowest BCUT2D eigenvalue weighted by Gasteiger charge is -2.35. The summed E-state index contributed by atoms with van der Waals surface area (Å²) in [7, 11) is 0. The molecule has 0 unspecified atom stereocenters. The van der Waals surface area contributed by atoms with Crippen LogP contribution in [0, 0.1) is 5.82 Å². The van der Waals surface area contributed by atoms with Gasteiger partial charge in [0.25, 0.3) is 0 Å². The number of ether oxygens (including phenoxy) is 1. The van der Waals surface area contributed by atoms with E-state index in [1.54, 1.807) is 30.3 Å². The zero-order chi connectivity index (χ0) is 21.8.